The number of aromatic nitrogens is 2. The van der Waals surface area contributed by atoms with Gasteiger partial charge in [-0.1, -0.05) is 20.8 Å². The van der Waals surface area contributed by atoms with Crippen molar-refractivity contribution in [3.8, 4) is 0 Å². The Morgan fingerprint density at radius 2 is 2.21 bits per heavy atom. The molecule has 3 rings (SSSR count). The van der Waals surface area contributed by atoms with Crippen LogP contribution in [0, 0.1) is 11.8 Å². The fraction of sp³-hybridized carbons (Fsp3) is 0.611. The van der Waals surface area contributed by atoms with Crippen molar-refractivity contribution < 1.29 is 9.53 Å². The van der Waals surface area contributed by atoms with Crippen LogP contribution in [-0.2, 0) is 22.4 Å². The molecular formula is C18H24N2O3S. The van der Waals surface area contributed by atoms with Gasteiger partial charge in [0.15, 0.2) is 0 Å². The second kappa shape index (κ2) is 6.67. The van der Waals surface area contributed by atoms with Crippen LogP contribution in [0.5, 0.6) is 0 Å². The Bertz CT molecular complexity index is 822. The highest BCUT2D eigenvalue weighted by Crippen LogP contribution is 2.35. The molecule has 6 heteroatoms. The maximum atomic E-state index is 12.9. The fourth-order valence-corrected chi connectivity index (χ4v) is 4.44. The number of ether oxygens (including phenoxy) is 1. The van der Waals surface area contributed by atoms with Crippen LogP contribution in [0.1, 0.15) is 50.6 Å². The highest BCUT2D eigenvalue weighted by molar-refractivity contribution is 7.18. The van der Waals surface area contributed by atoms with Gasteiger partial charge in [0.2, 0.25) is 0 Å². The lowest BCUT2D eigenvalue weighted by molar-refractivity contribution is -0.148. The number of rotatable bonds is 4. The summed E-state index contributed by atoms with van der Waals surface area (Å²) < 4.78 is 6.68. The summed E-state index contributed by atoms with van der Waals surface area (Å²) in [6.07, 6.45) is 4.52. The van der Waals surface area contributed by atoms with Gasteiger partial charge >= 0.3 is 5.97 Å². The van der Waals surface area contributed by atoms with Gasteiger partial charge < -0.3 is 4.74 Å². The minimum absolute atomic E-state index is 0.124. The second-order valence-electron chi connectivity index (χ2n) is 7.19. The summed E-state index contributed by atoms with van der Waals surface area (Å²) in [5.41, 5.74) is 1.02. The maximum absolute atomic E-state index is 12.9. The van der Waals surface area contributed by atoms with E-state index in [0.29, 0.717) is 17.9 Å². The first kappa shape index (κ1) is 17.1. The smallest absolute Gasteiger partial charge is 0.329 e. The monoisotopic (exact) mass is 348 g/mol. The average Bonchev–Trinajstić information content (AvgIpc) is 2.90. The molecule has 5 nitrogen and oxygen atoms in total. The highest BCUT2D eigenvalue weighted by atomic mass is 32.1. The van der Waals surface area contributed by atoms with Crippen molar-refractivity contribution in [1.29, 1.82) is 0 Å². The molecule has 130 valence electrons. The molecule has 2 heterocycles. The second-order valence-corrected chi connectivity index (χ2v) is 8.27. The van der Waals surface area contributed by atoms with E-state index in [1.807, 2.05) is 13.8 Å². The van der Waals surface area contributed by atoms with E-state index >= 15 is 0 Å². The predicted molar refractivity (Wildman–Crippen MR) is 95.6 cm³/mol. The Morgan fingerprint density at radius 3 is 2.92 bits per heavy atom. The molecule has 24 heavy (non-hydrogen) atoms. The van der Waals surface area contributed by atoms with E-state index in [9.17, 15) is 9.59 Å². The van der Waals surface area contributed by atoms with E-state index in [4.69, 9.17) is 4.74 Å². The van der Waals surface area contributed by atoms with Gasteiger partial charge in [0.1, 0.15) is 10.9 Å². The standard InChI is InChI=1S/C18H24N2O3S/c1-10(2)8-23-18(22)12(4)20-9-19-16-15(17(20)21)13-6-5-11(3)7-14(13)24-16/h9-12H,5-8H2,1-4H3/t11-,12+/m0/s1. The first-order chi connectivity index (χ1) is 11.4. The number of aryl methyl sites for hydroxylation is 1. The molecule has 1 aliphatic rings. The van der Waals surface area contributed by atoms with Crippen LogP contribution in [-0.4, -0.2) is 22.1 Å². The van der Waals surface area contributed by atoms with Crippen LogP contribution in [0.25, 0.3) is 10.2 Å². The van der Waals surface area contributed by atoms with Crippen molar-refractivity contribution >= 4 is 27.5 Å². The molecule has 0 aliphatic heterocycles. The van der Waals surface area contributed by atoms with Crippen LogP contribution < -0.4 is 5.56 Å². The van der Waals surface area contributed by atoms with Gasteiger partial charge in [0.05, 0.1) is 18.3 Å². The number of nitrogens with zero attached hydrogens (tertiary/aromatic N) is 2. The molecule has 0 amide bonds. The van der Waals surface area contributed by atoms with Crippen LogP contribution in [0.15, 0.2) is 11.1 Å². The molecule has 1 aliphatic carbocycles. The van der Waals surface area contributed by atoms with E-state index in [-0.39, 0.29) is 17.4 Å². The number of hydrogen-bond acceptors (Lipinski definition) is 5. The molecule has 0 aromatic carbocycles. The third-order valence-corrected chi connectivity index (χ3v) is 5.72. The normalized spacial score (nSPS) is 18.6. The summed E-state index contributed by atoms with van der Waals surface area (Å²) in [5, 5.41) is 0.702. The number of hydrogen-bond donors (Lipinski definition) is 0. The average molecular weight is 348 g/mol. The fourth-order valence-electron chi connectivity index (χ4n) is 3.10. The summed E-state index contributed by atoms with van der Waals surface area (Å²) in [4.78, 5) is 31.7. The minimum Gasteiger partial charge on any atom is -0.464 e. The van der Waals surface area contributed by atoms with E-state index in [1.165, 1.54) is 15.8 Å². The number of carbonyl (C=O) groups excluding carboxylic acids is 1. The summed E-state index contributed by atoms with van der Waals surface area (Å²) in [5.74, 6) is 0.534. The molecule has 0 radical (unpaired) electrons. The van der Waals surface area contributed by atoms with E-state index < -0.39 is 6.04 Å². The molecule has 2 aromatic heterocycles. The van der Waals surface area contributed by atoms with Crippen molar-refractivity contribution in [2.75, 3.05) is 6.61 Å². The number of esters is 1. The number of thiophene rings is 1. The van der Waals surface area contributed by atoms with Crippen LogP contribution >= 0.6 is 11.3 Å². The maximum Gasteiger partial charge on any atom is 0.329 e. The lowest BCUT2D eigenvalue weighted by Gasteiger charge is -2.18. The first-order valence-corrected chi connectivity index (χ1v) is 9.38. The third kappa shape index (κ3) is 3.11. The summed E-state index contributed by atoms with van der Waals surface area (Å²) in [7, 11) is 0. The molecule has 0 fully saturated rings. The largest absolute Gasteiger partial charge is 0.464 e. The van der Waals surface area contributed by atoms with Gasteiger partial charge in [-0.3, -0.25) is 9.36 Å². The van der Waals surface area contributed by atoms with Gasteiger partial charge in [-0.15, -0.1) is 11.3 Å². The van der Waals surface area contributed by atoms with Crippen LogP contribution in [0.3, 0.4) is 0 Å². The number of fused-ring (bicyclic) bond motifs is 3. The minimum atomic E-state index is -0.661. The SMILES string of the molecule is CC(C)COC(=O)[C@@H](C)n1cnc2sc3c(c2c1=O)CC[C@H](C)C3. The zero-order chi connectivity index (χ0) is 17.4. The lowest BCUT2D eigenvalue weighted by Crippen LogP contribution is -2.30. The first-order valence-electron chi connectivity index (χ1n) is 8.56. The Morgan fingerprint density at radius 1 is 1.46 bits per heavy atom. The number of carbonyl (C=O) groups is 1. The molecule has 0 bridgehead atoms. The Balaban J connectivity index is 1.97. The Kier molecular flexibility index (Phi) is 4.76. The summed E-state index contributed by atoms with van der Waals surface area (Å²) >= 11 is 1.62. The molecule has 0 unspecified atom stereocenters. The Hall–Kier alpha value is -1.69. The van der Waals surface area contributed by atoms with Gasteiger partial charge in [0, 0.05) is 4.88 Å². The quantitative estimate of drug-likeness (QED) is 0.795. The van der Waals surface area contributed by atoms with Gasteiger partial charge in [0.25, 0.3) is 5.56 Å². The molecular weight excluding hydrogens is 324 g/mol. The molecule has 0 N–H and O–H groups in total. The summed E-state index contributed by atoms with van der Waals surface area (Å²) in [6, 6.07) is -0.661. The van der Waals surface area contributed by atoms with Crippen LogP contribution in [0.4, 0.5) is 0 Å². The van der Waals surface area contributed by atoms with Crippen molar-refractivity contribution in [3.05, 3.63) is 27.1 Å². The third-order valence-electron chi connectivity index (χ3n) is 4.56. The van der Waals surface area contributed by atoms with Crippen molar-refractivity contribution in [3.63, 3.8) is 0 Å². The molecule has 2 aromatic rings. The van der Waals surface area contributed by atoms with E-state index in [2.05, 4.69) is 11.9 Å². The van der Waals surface area contributed by atoms with Gasteiger partial charge in [-0.05, 0) is 43.6 Å². The predicted octanol–water partition coefficient (Wildman–Crippen LogP) is 3.34. The van der Waals surface area contributed by atoms with Gasteiger partial charge in [-0.2, -0.15) is 0 Å². The van der Waals surface area contributed by atoms with Crippen molar-refractivity contribution in [2.45, 2.75) is 53.0 Å². The molecule has 0 spiro atoms. The van der Waals surface area contributed by atoms with Crippen molar-refractivity contribution in [2.24, 2.45) is 11.8 Å². The van der Waals surface area contributed by atoms with Crippen molar-refractivity contribution in [1.82, 2.24) is 9.55 Å². The highest BCUT2D eigenvalue weighted by Gasteiger charge is 2.25. The van der Waals surface area contributed by atoms with Gasteiger partial charge in [-0.25, -0.2) is 9.78 Å². The summed E-state index contributed by atoms with van der Waals surface area (Å²) in [6.45, 7) is 8.26. The van der Waals surface area contributed by atoms with E-state index in [1.54, 1.807) is 18.3 Å². The zero-order valence-corrected chi connectivity index (χ0v) is 15.5. The zero-order valence-electron chi connectivity index (χ0n) is 14.7. The molecule has 0 saturated heterocycles. The molecule has 0 saturated carbocycles. The topological polar surface area (TPSA) is 61.2 Å². The van der Waals surface area contributed by atoms with E-state index in [0.717, 1.165) is 29.7 Å². The Labute approximate surface area is 145 Å². The molecule has 2 atom stereocenters. The van der Waals surface area contributed by atoms with Crippen LogP contribution in [0.2, 0.25) is 0 Å². The lowest BCUT2D eigenvalue weighted by atomic mass is 9.89.